The van der Waals surface area contributed by atoms with Gasteiger partial charge in [-0.05, 0) is 25.9 Å². The van der Waals surface area contributed by atoms with Crippen molar-refractivity contribution in [3.8, 4) is 0 Å². The molecule has 5 heteroatoms. The molecule has 0 unspecified atom stereocenters. The van der Waals surface area contributed by atoms with Crippen molar-refractivity contribution >= 4 is 17.5 Å². The number of rotatable bonds is 6. The molecule has 0 radical (unpaired) electrons. The Morgan fingerprint density at radius 2 is 2.33 bits per heavy atom. The molecule has 1 aromatic heterocycles. The maximum atomic E-state index is 11.5. The number of Topliss-reactive ketones (excluding diaryl/α,β-unsaturated/α-hetero) is 1. The summed E-state index contributed by atoms with van der Waals surface area (Å²) in [6.07, 6.45) is 4.53. The molecule has 0 aliphatic carbocycles. The number of carbonyl (C=O) groups excluding carboxylic acids is 1. The first-order valence-corrected chi connectivity index (χ1v) is 6.43. The monoisotopic (exact) mass is 227 g/mol. The minimum atomic E-state index is 0.235. The highest BCUT2D eigenvalue weighted by Crippen LogP contribution is 2.07. The molecule has 0 fully saturated rings. The quantitative estimate of drug-likeness (QED) is 0.742. The first-order valence-electron chi connectivity index (χ1n) is 5.04. The van der Waals surface area contributed by atoms with Gasteiger partial charge < -0.3 is 0 Å². The molecular formula is C10H17N3OS. The van der Waals surface area contributed by atoms with Crippen LogP contribution in [0, 0.1) is 0 Å². The van der Waals surface area contributed by atoms with Gasteiger partial charge in [-0.1, -0.05) is 0 Å². The van der Waals surface area contributed by atoms with Crippen LogP contribution in [0.25, 0.3) is 0 Å². The first kappa shape index (κ1) is 12.2. The van der Waals surface area contributed by atoms with Gasteiger partial charge in [-0.25, -0.2) is 9.67 Å². The molecule has 0 aromatic carbocycles. The van der Waals surface area contributed by atoms with Gasteiger partial charge in [0.25, 0.3) is 0 Å². The van der Waals surface area contributed by atoms with E-state index < -0.39 is 0 Å². The van der Waals surface area contributed by atoms with Gasteiger partial charge >= 0.3 is 0 Å². The van der Waals surface area contributed by atoms with E-state index in [0.29, 0.717) is 12.8 Å². The van der Waals surface area contributed by atoms with E-state index in [1.54, 1.807) is 16.4 Å². The Bertz CT molecular complexity index is 322. The van der Waals surface area contributed by atoms with Crippen LogP contribution in [0.1, 0.15) is 32.1 Å². The summed E-state index contributed by atoms with van der Waals surface area (Å²) in [4.78, 5) is 15.7. The fraction of sp³-hybridized carbons (Fsp3) is 0.700. The highest BCUT2D eigenvalue weighted by atomic mass is 32.2. The molecule has 4 nitrogen and oxygen atoms in total. The van der Waals surface area contributed by atoms with Gasteiger partial charge in [0, 0.05) is 12.5 Å². The zero-order valence-electron chi connectivity index (χ0n) is 9.43. The van der Waals surface area contributed by atoms with E-state index in [9.17, 15) is 4.79 Å². The highest BCUT2D eigenvalue weighted by molar-refractivity contribution is 7.98. The van der Waals surface area contributed by atoms with E-state index in [0.717, 1.165) is 11.6 Å². The Hall–Kier alpha value is -0.840. The van der Waals surface area contributed by atoms with Gasteiger partial charge in [0.05, 0.1) is 6.42 Å². The summed E-state index contributed by atoms with van der Waals surface area (Å²) >= 11 is 1.69. The number of hydrogen-bond donors (Lipinski definition) is 0. The Labute approximate surface area is 94.5 Å². The Balaban J connectivity index is 2.56. The minimum Gasteiger partial charge on any atom is -0.299 e. The Morgan fingerprint density at radius 3 is 2.93 bits per heavy atom. The van der Waals surface area contributed by atoms with Crippen molar-refractivity contribution in [1.29, 1.82) is 0 Å². The van der Waals surface area contributed by atoms with Crippen molar-refractivity contribution in [2.75, 3.05) is 12.0 Å². The predicted octanol–water partition coefficient (Wildman–Crippen LogP) is 1.72. The van der Waals surface area contributed by atoms with Gasteiger partial charge in [-0.15, -0.1) is 0 Å². The first-order chi connectivity index (χ1) is 7.15. The molecule has 0 amide bonds. The summed E-state index contributed by atoms with van der Waals surface area (Å²) in [5.41, 5.74) is 0. The van der Waals surface area contributed by atoms with Crippen LogP contribution in [-0.4, -0.2) is 32.6 Å². The lowest BCUT2D eigenvalue weighted by molar-refractivity contribution is -0.118. The van der Waals surface area contributed by atoms with Crippen LogP contribution in [0.3, 0.4) is 0 Å². The van der Waals surface area contributed by atoms with Crippen LogP contribution in [0.2, 0.25) is 0 Å². The van der Waals surface area contributed by atoms with E-state index in [4.69, 9.17) is 0 Å². The van der Waals surface area contributed by atoms with Gasteiger partial charge in [0.1, 0.15) is 17.9 Å². The smallest absolute Gasteiger partial charge is 0.141 e. The molecule has 0 saturated carbocycles. The third-order valence-electron chi connectivity index (χ3n) is 2.08. The Morgan fingerprint density at radius 1 is 1.60 bits per heavy atom. The standard InChI is InChI=1S/C10H17N3OS/c1-8(2)13-10(11-7-12-13)6-9(14)4-5-15-3/h7-8H,4-6H2,1-3H3. The van der Waals surface area contributed by atoms with Gasteiger partial charge in [-0.3, -0.25) is 4.79 Å². The molecule has 0 spiro atoms. The summed E-state index contributed by atoms with van der Waals surface area (Å²) in [5.74, 6) is 1.89. The molecule has 0 atom stereocenters. The number of ketones is 1. The lowest BCUT2D eigenvalue weighted by atomic mass is 10.2. The molecule has 0 aliphatic rings. The van der Waals surface area contributed by atoms with Crippen molar-refractivity contribution in [2.24, 2.45) is 0 Å². The Kier molecular flexibility index (Phi) is 4.81. The molecule has 84 valence electrons. The summed E-state index contributed by atoms with van der Waals surface area (Å²) in [6, 6.07) is 0.260. The van der Waals surface area contributed by atoms with E-state index in [2.05, 4.69) is 10.1 Å². The number of hydrogen-bond acceptors (Lipinski definition) is 4. The van der Waals surface area contributed by atoms with Crippen molar-refractivity contribution in [3.63, 3.8) is 0 Å². The van der Waals surface area contributed by atoms with Gasteiger partial charge in [0.2, 0.25) is 0 Å². The summed E-state index contributed by atoms with van der Waals surface area (Å²) in [5, 5.41) is 4.10. The lowest BCUT2D eigenvalue weighted by Gasteiger charge is -2.08. The third-order valence-corrected chi connectivity index (χ3v) is 2.69. The number of thioether (sulfide) groups is 1. The van der Waals surface area contributed by atoms with Gasteiger partial charge in [0.15, 0.2) is 0 Å². The van der Waals surface area contributed by atoms with Crippen LogP contribution in [0.15, 0.2) is 6.33 Å². The molecule has 1 aromatic rings. The highest BCUT2D eigenvalue weighted by Gasteiger charge is 2.11. The van der Waals surface area contributed by atoms with Crippen LogP contribution in [0.5, 0.6) is 0 Å². The molecule has 0 N–H and O–H groups in total. The molecule has 1 heterocycles. The van der Waals surface area contributed by atoms with E-state index >= 15 is 0 Å². The van der Waals surface area contributed by atoms with Crippen molar-refractivity contribution in [3.05, 3.63) is 12.2 Å². The van der Waals surface area contributed by atoms with Crippen LogP contribution in [-0.2, 0) is 11.2 Å². The molecule has 0 bridgehead atoms. The van der Waals surface area contributed by atoms with Crippen LogP contribution >= 0.6 is 11.8 Å². The molecular weight excluding hydrogens is 210 g/mol. The average Bonchev–Trinajstić information content (AvgIpc) is 2.62. The SMILES string of the molecule is CSCCC(=O)Cc1ncnn1C(C)C. The maximum Gasteiger partial charge on any atom is 0.141 e. The van der Waals surface area contributed by atoms with Crippen molar-refractivity contribution in [1.82, 2.24) is 14.8 Å². The topological polar surface area (TPSA) is 47.8 Å². The van der Waals surface area contributed by atoms with E-state index in [1.807, 2.05) is 20.1 Å². The minimum absolute atomic E-state index is 0.235. The number of aromatic nitrogens is 3. The van der Waals surface area contributed by atoms with Crippen molar-refractivity contribution < 1.29 is 4.79 Å². The second-order valence-electron chi connectivity index (χ2n) is 3.67. The van der Waals surface area contributed by atoms with Crippen LogP contribution in [0.4, 0.5) is 0 Å². The largest absolute Gasteiger partial charge is 0.299 e. The fourth-order valence-corrected chi connectivity index (χ4v) is 1.74. The fourth-order valence-electron chi connectivity index (χ4n) is 1.31. The second-order valence-corrected chi connectivity index (χ2v) is 4.66. The predicted molar refractivity (Wildman–Crippen MR) is 62.1 cm³/mol. The van der Waals surface area contributed by atoms with E-state index in [1.165, 1.54) is 6.33 Å². The average molecular weight is 227 g/mol. The zero-order valence-corrected chi connectivity index (χ0v) is 10.3. The number of nitrogens with zero attached hydrogens (tertiary/aromatic N) is 3. The van der Waals surface area contributed by atoms with Crippen molar-refractivity contribution in [2.45, 2.75) is 32.7 Å². The second kappa shape index (κ2) is 5.90. The van der Waals surface area contributed by atoms with Crippen LogP contribution < -0.4 is 0 Å². The third kappa shape index (κ3) is 3.66. The van der Waals surface area contributed by atoms with E-state index in [-0.39, 0.29) is 11.8 Å². The molecule has 1 rings (SSSR count). The number of carbonyl (C=O) groups is 1. The molecule has 0 saturated heterocycles. The summed E-state index contributed by atoms with van der Waals surface area (Å²) < 4.78 is 1.80. The summed E-state index contributed by atoms with van der Waals surface area (Å²) in [6.45, 7) is 4.06. The molecule has 15 heavy (non-hydrogen) atoms. The summed E-state index contributed by atoms with van der Waals surface area (Å²) in [7, 11) is 0. The van der Waals surface area contributed by atoms with Gasteiger partial charge in [-0.2, -0.15) is 16.9 Å². The molecule has 0 aliphatic heterocycles. The maximum absolute atomic E-state index is 11.5. The lowest BCUT2D eigenvalue weighted by Crippen LogP contribution is -2.13. The normalized spacial score (nSPS) is 10.9. The zero-order chi connectivity index (χ0) is 11.3.